The summed E-state index contributed by atoms with van der Waals surface area (Å²) >= 11 is 0. The van der Waals surface area contributed by atoms with Crippen molar-refractivity contribution < 1.29 is 0 Å². The molecule has 0 amide bonds. The van der Waals surface area contributed by atoms with Crippen molar-refractivity contribution in [2.45, 2.75) is 39.8 Å². The highest BCUT2D eigenvalue weighted by atomic mass is 15.2. The Bertz CT molecular complexity index is 157. The van der Waals surface area contributed by atoms with E-state index >= 15 is 0 Å². The first-order chi connectivity index (χ1) is 6.88. The Morgan fingerprint density at radius 3 is 1.93 bits per heavy atom. The van der Waals surface area contributed by atoms with Gasteiger partial charge in [0.25, 0.3) is 0 Å². The van der Waals surface area contributed by atoms with Crippen molar-refractivity contribution in [2.75, 3.05) is 33.7 Å². The van der Waals surface area contributed by atoms with Crippen LogP contribution in [0, 0.1) is 5.92 Å². The van der Waals surface area contributed by atoms with E-state index in [0.717, 1.165) is 19.6 Å². The second-order valence-electron chi connectivity index (χ2n) is 5.11. The minimum Gasteiger partial charge on any atom is -0.326 e. The second kappa shape index (κ2) is 7.20. The Hall–Kier alpha value is -0.120. The van der Waals surface area contributed by atoms with Gasteiger partial charge in [-0.05, 0) is 33.5 Å². The van der Waals surface area contributed by atoms with Crippen molar-refractivity contribution in [3.63, 3.8) is 0 Å². The van der Waals surface area contributed by atoms with Crippen LogP contribution in [0.1, 0.15) is 27.7 Å². The van der Waals surface area contributed by atoms with Gasteiger partial charge in [-0.15, -0.1) is 0 Å². The van der Waals surface area contributed by atoms with Crippen LogP contribution in [0.25, 0.3) is 0 Å². The molecule has 3 heteroatoms. The van der Waals surface area contributed by atoms with Crippen molar-refractivity contribution >= 4 is 0 Å². The quantitative estimate of drug-likeness (QED) is 0.693. The molecule has 2 unspecified atom stereocenters. The Balaban J connectivity index is 4.11. The molecular weight excluding hydrogens is 186 g/mol. The summed E-state index contributed by atoms with van der Waals surface area (Å²) in [6.45, 7) is 12.0. The van der Waals surface area contributed by atoms with Crippen molar-refractivity contribution in [3.05, 3.63) is 0 Å². The Labute approximate surface area is 95.6 Å². The molecular formula is C12H29N3. The summed E-state index contributed by atoms with van der Waals surface area (Å²) in [5, 5.41) is 0. The molecule has 0 aliphatic heterocycles. The molecule has 0 rings (SSSR count). The highest BCUT2D eigenvalue weighted by Crippen LogP contribution is 2.05. The third-order valence-electron chi connectivity index (χ3n) is 2.96. The molecule has 0 aliphatic carbocycles. The zero-order chi connectivity index (χ0) is 12.0. The van der Waals surface area contributed by atoms with Crippen molar-refractivity contribution in [1.29, 1.82) is 0 Å². The highest BCUT2D eigenvalue weighted by Gasteiger charge is 2.17. The molecule has 2 N–H and O–H groups in total. The van der Waals surface area contributed by atoms with Gasteiger partial charge >= 0.3 is 0 Å². The molecule has 0 fully saturated rings. The summed E-state index contributed by atoms with van der Waals surface area (Å²) in [6.07, 6.45) is 0. The van der Waals surface area contributed by atoms with Gasteiger partial charge in [0.05, 0.1) is 0 Å². The predicted molar refractivity (Wildman–Crippen MR) is 68.1 cm³/mol. The van der Waals surface area contributed by atoms with E-state index in [2.05, 4.69) is 51.6 Å². The Morgan fingerprint density at radius 1 is 1.07 bits per heavy atom. The van der Waals surface area contributed by atoms with E-state index in [-0.39, 0.29) is 6.04 Å². The summed E-state index contributed by atoms with van der Waals surface area (Å²) < 4.78 is 0. The fraction of sp³-hybridized carbons (Fsp3) is 1.00. The van der Waals surface area contributed by atoms with Crippen molar-refractivity contribution in [3.8, 4) is 0 Å². The zero-order valence-electron chi connectivity index (χ0n) is 11.3. The van der Waals surface area contributed by atoms with Crippen molar-refractivity contribution in [2.24, 2.45) is 11.7 Å². The van der Waals surface area contributed by atoms with Crippen LogP contribution in [-0.4, -0.2) is 55.6 Å². The molecule has 3 nitrogen and oxygen atoms in total. The maximum Gasteiger partial charge on any atom is 0.0195 e. The molecule has 0 aromatic heterocycles. The van der Waals surface area contributed by atoms with Gasteiger partial charge < -0.3 is 10.6 Å². The molecule has 0 aromatic rings. The molecule has 0 saturated carbocycles. The second-order valence-corrected chi connectivity index (χ2v) is 5.11. The number of nitrogens with zero attached hydrogens (tertiary/aromatic N) is 2. The number of rotatable bonds is 7. The van der Waals surface area contributed by atoms with Crippen LogP contribution >= 0.6 is 0 Å². The molecule has 0 bridgehead atoms. The molecule has 92 valence electrons. The smallest absolute Gasteiger partial charge is 0.0195 e. The van der Waals surface area contributed by atoms with Gasteiger partial charge in [0.2, 0.25) is 0 Å². The first kappa shape index (κ1) is 14.9. The standard InChI is InChI=1S/C12H29N3/c1-7-15(9-12(13)10(2)3)11(4)8-14(5)6/h10-12H,7-9,13H2,1-6H3. The maximum atomic E-state index is 6.11. The maximum absolute atomic E-state index is 6.11. The fourth-order valence-electron chi connectivity index (χ4n) is 1.75. The van der Waals surface area contributed by atoms with Crippen LogP contribution in [0.2, 0.25) is 0 Å². The molecule has 15 heavy (non-hydrogen) atoms. The molecule has 0 aromatic carbocycles. The van der Waals surface area contributed by atoms with E-state index in [1.54, 1.807) is 0 Å². The first-order valence-electron chi connectivity index (χ1n) is 6.02. The molecule has 0 aliphatic rings. The molecule has 2 atom stereocenters. The van der Waals surface area contributed by atoms with E-state index in [0.29, 0.717) is 12.0 Å². The Morgan fingerprint density at radius 2 is 1.60 bits per heavy atom. The van der Waals surface area contributed by atoms with Gasteiger partial charge in [-0.25, -0.2) is 0 Å². The van der Waals surface area contributed by atoms with Crippen LogP contribution in [0.3, 0.4) is 0 Å². The lowest BCUT2D eigenvalue weighted by atomic mass is 10.0. The zero-order valence-corrected chi connectivity index (χ0v) is 11.3. The number of hydrogen-bond donors (Lipinski definition) is 1. The average Bonchev–Trinajstić information content (AvgIpc) is 2.11. The van der Waals surface area contributed by atoms with E-state index in [4.69, 9.17) is 5.73 Å². The van der Waals surface area contributed by atoms with Crippen LogP contribution in [0.15, 0.2) is 0 Å². The minimum absolute atomic E-state index is 0.287. The summed E-state index contributed by atoms with van der Waals surface area (Å²) in [5.41, 5.74) is 6.11. The average molecular weight is 215 g/mol. The number of hydrogen-bond acceptors (Lipinski definition) is 3. The van der Waals surface area contributed by atoms with E-state index in [1.165, 1.54) is 0 Å². The van der Waals surface area contributed by atoms with E-state index in [1.807, 2.05) is 0 Å². The SMILES string of the molecule is CCN(CC(N)C(C)C)C(C)CN(C)C. The minimum atomic E-state index is 0.287. The first-order valence-corrected chi connectivity index (χ1v) is 6.02. The largest absolute Gasteiger partial charge is 0.326 e. The predicted octanol–water partition coefficient (Wildman–Crippen LogP) is 1.24. The normalized spacial score (nSPS) is 16.4. The van der Waals surface area contributed by atoms with Gasteiger partial charge in [0, 0.05) is 25.2 Å². The van der Waals surface area contributed by atoms with E-state index in [9.17, 15) is 0 Å². The van der Waals surface area contributed by atoms with Crippen LogP contribution < -0.4 is 5.73 Å². The van der Waals surface area contributed by atoms with Gasteiger partial charge in [0.1, 0.15) is 0 Å². The fourth-order valence-corrected chi connectivity index (χ4v) is 1.75. The summed E-state index contributed by atoms with van der Waals surface area (Å²) in [4.78, 5) is 4.69. The summed E-state index contributed by atoms with van der Waals surface area (Å²) in [6, 6.07) is 0.865. The lowest BCUT2D eigenvalue weighted by Crippen LogP contribution is -2.47. The van der Waals surface area contributed by atoms with Gasteiger partial charge in [-0.1, -0.05) is 20.8 Å². The van der Waals surface area contributed by atoms with Crippen LogP contribution in [0.4, 0.5) is 0 Å². The lowest BCUT2D eigenvalue weighted by Gasteiger charge is -2.33. The van der Waals surface area contributed by atoms with Gasteiger partial charge in [0.15, 0.2) is 0 Å². The molecule has 0 saturated heterocycles. The monoisotopic (exact) mass is 215 g/mol. The summed E-state index contributed by atoms with van der Waals surface area (Å²) in [5.74, 6) is 0.561. The Kier molecular flexibility index (Phi) is 7.14. The van der Waals surface area contributed by atoms with E-state index < -0.39 is 0 Å². The third kappa shape index (κ3) is 6.13. The summed E-state index contributed by atoms with van der Waals surface area (Å²) in [7, 11) is 4.24. The molecule has 0 radical (unpaired) electrons. The van der Waals surface area contributed by atoms with Gasteiger partial charge in [-0.3, -0.25) is 4.90 Å². The topological polar surface area (TPSA) is 32.5 Å². The third-order valence-corrected chi connectivity index (χ3v) is 2.96. The molecule has 0 spiro atoms. The highest BCUT2D eigenvalue weighted by molar-refractivity contribution is 4.75. The van der Waals surface area contributed by atoms with Crippen LogP contribution in [-0.2, 0) is 0 Å². The molecule has 0 heterocycles. The lowest BCUT2D eigenvalue weighted by molar-refractivity contribution is 0.163. The number of likely N-dealkylation sites (N-methyl/N-ethyl adjacent to an activating group) is 2. The van der Waals surface area contributed by atoms with Crippen LogP contribution in [0.5, 0.6) is 0 Å². The number of nitrogens with two attached hydrogens (primary N) is 1. The van der Waals surface area contributed by atoms with Crippen molar-refractivity contribution in [1.82, 2.24) is 9.80 Å². The van der Waals surface area contributed by atoms with Gasteiger partial charge in [-0.2, -0.15) is 0 Å².